The molecule has 0 fully saturated rings. The lowest BCUT2D eigenvalue weighted by Crippen LogP contribution is -2.22. The largest absolute Gasteiger partial charge is 0.454 e. The summed E-state index contributed by atoms with van der Waals surface area (Å²) >= 11 is 1.64. The van der Waals surface area contributed by atoms with Crippen LogP contribution in [0.25, 0.3) is 0 Å². The standard InChI is InChI=1S/C20H18N2O3S/c1-13-18(9-14-5-3-2-4-6-14)26-19(22-13)11-21-20(23)15-7-8-16-17(10-15)25-12-24-16/h2-8,10H,9,11-12H2,1H3,(H,21,23). The van der Waals surface area contributed by atoms with Gasteiger partial charge in [-0.15, -0.1) is 11.3 Å². The molecule has 1 amide bonds. The van der Waals surface area contributed by atoms with Gasteiger partial charge in [0.25, 0.3) is 5.91 Å². The van der Waals surface area contributed by atoms with Crippen molar-refractivity contribution in [3.8, 4) is 11.5 Å². The smallest absolute Gasteiger partial charge is 0.251 e. The van der Waals surface area contributed by atoms with E-state index in [9.17, 15) is 4.79 Å². The number of hydrogen-bond acceptors (Lipinski definition) is 5. The van der Waals surface area contributed by atoms with Crippen LogP contribution >= 0.6 is 11.3 Å². The Kier molecular flexibility index (Phi) is 4.58. The minimum absolute atomic E-state index is 0.152. The van der Waals surface area contributed by atoms with Crippen LogP contribution in [-0.2, 0) is 13.0 Å². The monoisotopic (exact) mass is 366 g/mol. The molecule has 0 unspecified atom stereocenters. The van der Waals surface area contributed by atoms with Crippen LogP contribution in [0.4, 0.5) is 0 Å². The molecule has 6 heteroatoms. The number of carbonyl (C=O) groups is 1. The summed E-state index contributed by atoms with van der Waals surface area (Å²) in [5.74, 6) is 1.12. The summed E-state index contributed by atoms with van der Waals surface area (Å²) in [6.45, 7) is 2.62. The Morgan fingerprint density at radius 2 is 1.96 bits per heavy atom. The third kappa shape index (κ3) is 3.55. The van der Waals surface area contributed by atoms with Crippen molar-refractivity contribution < 1.29 is 14.3 Å². The van der Waals surface area contributed by atoms with Crippen LogP contribution in [-0.4, -0.2) is 17.7 Å². The van der Waals surface area contributed by atoms with Gasteiger partial charge in [-0.2, -0.15) is 0 Å². The Morgan fingerprint density at radius 3 is 2.81 bits per heavy atom. The van der Waals surface area contributed by atoms with Crippen LogP contribution < -0.4 is 14.8 Å². The highest BCUT2D eigenvalue weighted by Crippen LogP contribution is 2.32. The molecule has 4 rings (SSSR count). The van der Waals surface area contributed by atoms with E-state index >= 15 is 0 Å². The quantitative estimate of drug-likeness (QED) is 0.748. The van der Waals surface area contributed by atoms with Crippen LogP contribution in [0.2, 0.25) is 0 Å². The molecule has 2 heterocycles. The zero-order valence-corrected chi connectivity index (χ0v) is 15.1. The van der Waals surface area contributed by atoms with Gasteiger partial charge in [0.1, 0.15) is 5.01 Å². The summed E-state index contributed by atoms with van der Waals surface area (Å²) in [6, 6.07) is 15.5. The fraction of sp³-hybridized carbons (Fsp3) is 0.200. The van der Waals surface area contributed by atoms with Crippen LogP contribution in [0.5, 0.6) is 11.5 Å². The first-order chi connectivity index (χ1) is 12.7. The molecule has 1 aliphatic rings. The Labute approximate surface area is 155 Å². The van der Waals surface area contributed by atoms with E-state index in [1.54, 1.807) is 29.5 Å². The Hall–Kier alpha value is -2.86. The molecule has 0 radical (unpaired) electrons. The lowest BCUT2D eigenvalue weighted by Gasteiger charge is -2.04. The summed E-state index contributed by atoms with van der Waals surface area (Å²) < 4.78 is 10.6. The molecule has 0 aliphatic carbocycles. The topological polar surface area (TPSA) is 60.5 Å². The van der Waals surface area contributed by atoms with Crippen LogP contribution in [0.15, 0.2) is 48.5 Å². The SMILES string of the molecule is Cc1nc(CNC(=O)c2ccc3c(c2)OCO3)sc1Cc1ccccc1. The number of hydrogen-bond donors (Lipinski definition) is 1. The van der Waals surface area contributed by atoms with Crippen molar-refractivity contribution in [1.29, 1.82) is 0 Å². The number of nitrogens with one attached hydrogen (secondary N) is 1. The number of thiazole rings is 1. The molecule has 1 aliphatic heterocycles. The molecule has 3 aromatic rings. The molecule has 132 valence electrons. The fourth-order valence-corrected chi connectivity index (χ4v) is 3.85. The molecule has 2 aromatic carbocycles. The second-order valence-corrected chi connectivity index (χ2v) is 7.20. The average Bonchev–Trinajstić information content (AvgIpc) is 3.26. The maximum Gasteiger partial charge on any atom is 0.251 e. The number of fused-ring (bicyclic) bond motifs is 1. The van der Waals surface area contributed by atoms with E-state index in [2.05, 4.69) is 22.4 Å². The van der Waals surface area contributed by atoms with Crippen molar-refractivity contribution in [1.82, 2.24) is 10.3 Å². The predicted octanol–water partition coefficient (Wildman–Crippen LogP) is 3.70. The number of nitrogens with zero attached hydrogens (tertiary/aromatic N) is 1. The van der Waals surface area contributed by atoms with E-state index in [1.165, 1.54) is 10.4 Å². The van der Waals surface area contributed by atoms with Gasteiger partial charge in [0.15, 0.2) is 11.5 Å². The van der Waals surface area contributed by atoms with Gasteiger partial charge in [-0.25, -0.2) is 4.98 Å². The zero-order valence-electron chi connectivity index (χ0n) is 14.3. The van der Waals surface area contributed by atoms with E-state index in [0.29, 0.717) is 23.6 Å². The average molecular weight is 366 g/mol. The Morgan fingerprint density at radius 1 is 1.15 bits per heavy atom. The second-order valence-electron chi connectivity index (χ2n) is 6.03. The fourth-order valence-electron chi connectivity index (χ4n) is 2.80. The van der Waals surface area contributed by atoms with Crippen molar-refractivity contribution in [3.05, 3.63) is 75.2 Å². The highest BCUT2D eigenvalue weighted by atomic mass is 32.1. The molecule has 0 atom stereocenters. The van der Waals surface area contributed by atoms with Crippen LogP contribution in [0, 0.1) is 6.92 Å². The van der Waals surface area contributed by atoms with E-state index in [0.717, 1.165) is 17.1 Å². The van der Waals surface area contributed by atoms with Crippen molar-refractivity contribution in [2.75, 3.05) is 6.79 Å². The highest BCUT2D eigenvalue weighted by molar-refractivity contribution is 7.11. The highest BCUT2D eigenvalue weighted by Gasteiger charge is 2.16. The summed E-state index contributed by atoms with van der Waals surface area (Å²) in [6.07, 6.45) is 0.862. The van der Waals surface area contributed by atoms with Gasteiger partial charge in [0, 0.05) is 16.9 Å². The Balaban J connectivity index is 1.40. The molecular weight excluding hydrogens is 348 g/mol. The van der Waals surface area contributed by atoms with Crippen molar-refractivity contribution in [2.45, 2.75) is 19.9 Å². The molecule has 26 heavy (non-hydrogen) atoms. The van der Waals surface area contributed by atoms with Gasteiger partial charge < -0.3 is 14.8 Å². The number of aryl methyl sites for hydroxylation is 1. The first kappa shape index (κ1) is 16.6. The number of amides is 1. The normalized spacial score (nSPS) is 12.2. The molecule has 0 bridgehead atoms. The maximum atomic E-state index is 12.4. The van der Waals surface area contributed by atoms with Gasteiger partial charge >= 0.3 is 0 Å². The van der Waals surface area contributed by atoms with Crippen LogP contribution in [0.1, 0.15) is 31.5 Å². The van der Waals surface area contributed by atoms with Gasteiger partial charge in [-0.1, -0.05) is 30.3 Å². The molecule has 0 saturated heterocycles. The minimum atomic E-state index is -0.152. The summed E-state index contributed by atoms with van der Waals surface area (Å²) in [5.41, 5.74) is 2.83. The second kappa shape index (κ2) is 7.17. The van der Waals surface area contributed by atoms with Crippen LogP contribution in [0.3, 0.4) is 0 Å². The number of aromatic nitrogens is 1. The third-order valence-corrected chi connectivity index (χ3v) is 5.34. The zero-order chi connectivity index (χ0) is 17.9. The Bertz CT molecular complexity index is 937. The van der Waals surface area contributed by atoms with Gasteiger partial charge in [0.2, 0.25) is 6.79 Å². The van der Waals surface area contributed by atoms with E-state index < -0.39 is 0 Å². The van der Waals surface area contributed by atoms with E-state index in [4.69, 9.17) is 9.47 Å². The number of carbonyl (C=O) groups excluding carboxylic acids is 1. The number of ether oxygens (including phenoxy) is 2. The first-order valence-electron chi connectivity index (χ1n) is 8.36. The van der Waals surface area contributed by atoms with Crippen molar-refractivity contribution in [3.63, 3.8) is 0 Å². The molecule has 1 N–H and O–H groups in total. The van der Waals surface area contributed by atoms with Crippen molar-refractivity contribution >= 4 is 17.2 Å². The number of benzene rings is 2. The van der Waals surface area contributed by atoms with Crippen molar-refractivity contribution in [2.24, 2.45) is 0 Å². The molecule has 1 aromatic heterocycles. The third-order valence-electron chi connectivity index (χ3n) is 4.18. The predicted molar refractivity (Wildman–Crippen MR) is 99.8 cm³/mol. The molecule has 0 spiro atoms. The molecule has 0 saturated carbocycles. The first-order valence-corrected chi connectivity index (χ1v) is 9.17. The van der Waals surface area contributed by atoms with E-state index in [1.807, 2.05) is 25.1 Å². The van der Waals surface area contributed by atoms with Gasteiger partial charge in [-0.05, 0) is 30.7 Å². The van der Waals surface area contributed by atoms with Gasteiger partial charge in [-0.3, -0.25) is 4.79 Å². The maximum absolute atomic E-state index is 12.4. The number of rotatable bonds is 5. The molecule has 5 nitrogen and oxygen atoms in total. The summed E-state index contributed by atoms with van der Waals surface area (Å²) in [5, 5.41) is 3.83. The van der Waals surface area contributed by atoms with Gasteiger partial charge in [0.05, 0.1) is 12.2 Å². The summed E-state index contributed by atoms with van der Waals surface area (Å²) in [7, 11) is 0. The lowest BCUT2D eigenvalue weighted by molar-refractivity contribution is 0.0950. The lowest BCUT2D eigenvalue weighted by atomic mass is 10.1. The minimum Gasteiger partial charge on any atom is -0.454 e. The molecular formula is C20H18N2O3S. The van der Waals surface area contributed by atoms with E-state index in [-0.39, 0.29) is 12.7 Å². The summed E-state index contributed by atoms with van der Waals surface area (Å²) in [4.78, 5) is 18.2.